The third-order valence-electron chi connectivity index (χ3n) is 3.44. The van der Waals surface area contributed by atoms with Gasteiger partial charge in [-0.05, 0) is 19.3 Å². The van der Waals surface area contributed by atoms with E-state index in [9.17, 15) is 9.90 Å². The van der Waals surface area contributed by atoms with Gasteiger partial charge in [0.05, 0.1) is 6.10 Å². The molecule has 0 bridgehead atoms. The second-order valence-electron chi connectivity index (χ2n) is 4.67. The van der Waals surface area contributed by atoms with Gasteiger partial charge in [0.15, 0.2) is 0 Å². The van der Waals surface area contributed by atoms with Crippen molar-refractivity contribution in [1.29, 1.82) is 0 Å². The van der Waals surface area contributed by atoms with Crippen LogP contribution in [-0.4, -0.2) is 35.7 Å². The lowest BCUT2D eigenvalue weighted by Gasteiger charge is -2.29. The molecule has 86 valence electrons. The van der Waals surface area contributed by atoms with E-state index in [2.05, 4.69) is 10.6 Å². The zero-order valence-corrected chi connectivity index (χ0v) is 9.04. The Labute approximate surface area is 90.4 Å². The van der Waals surface area contributed by atoms with Crippen LogP contribution in [0.2, 0.25) is 0 Å². The average molecular weight is 212 g/mol. The molecule has 0 radical (unpaired) electrons. The third-order valence-corrected chi connectivity index (χ3v) is 3.44. The summed E-state index contributed by atoms with van der Waals surface area (Å²) in [7, 11) is 0. The minimum Gasteiger partial charge on any atom is -0.392 e. The maximum absolute atomic E-state index is 11.0. The summed E-state index contributed by atoms with van der Waals surface area (Å²) in [5.41, 5.74) is 0. The van der Waals surface area contributed by atoms with Crippen LogP contribution in [0.15, 0.2) is 0 Å². The van der Waals surface area contributed by atoms with E-state index in [0.29, 0.717) is 6.42 Å². The molecule has 3 N–H and O–H groups in total. The van der Waals surface area contributed by atoms with E-state index in [1.54, 1.807) is 0 Å². The minimum atomic E-state index is -0.198. The number of aliphatic hydroxyl groups is 1. The summed E-state index contributed by atoms with van der Waals surface area (Å²) in [6.07, 6.45) is 5.69. The Morgan fingerprint density at radius 3 is 2.80 bits per heavy atom. The van der Waals surface area contributed by atoms with Crippen LogP contribution in [0.5, 0.6) is 0 Å². The summed E-state index contributed by atoms with van der Waals surface area (Å²) in [5, 5.41) is 16.0. The molecule has 3 atom stereocenters. The van der Waals surface area contributed by atoms with E-state index in [4.69, 9.17) is 0 Å². The first-order chi connectivity index (χ1) is 7.25. The largest absolute Gasteiger partial charge is 0.392 e. The SMILES string of the molecule is O=C1CCC(CNC2CCCCC2O)N1. The number of hydrogen-bond acceptors (Lipinski definition) is 3. The molecule has 1 saturated carbocycles. The topological polar surface area (TPSA) is 61.4 Å². The molecule has 1 amide bonds. The Morgan fingerprint density at radius 2 is 2.13 bits per heavy atom. The second kappa shape index (κ2) is 4.94. The van der Waals surface area contributed by atoms with Gasteiger partial charge in [0.2, 0.25) is 5.91 Å². The first-order valence-corrected chi connectivity index (χ1v) is 5.96. The first kappa shape index (κ1) is 10.9. The highest BCUT2D eigenvalue weighted by atomic mass is 16.3. The minimum absolute atomic E-state index is 0.158. The van der Waals surface area contributed by atoms with Crippen LogP contribution in [0.4, 0.5) is 0 Å². The number of carbonyl (C=O) groups is 1. The zero-order chi connectivity index (χ0) is 10.7. The smallest absolute Gasteiger partial charge is 0.220 e. The molecule has 0 aromatic heterocycles. The van der Waals surface area contributed by atoms with Crippen LogP contribution < -0.4 is 10.6 Å². The van der Waals surface area contributed by atoms with Crippen molar-refractivity contribution >= 4 is 5.91 Å². The van der Waals surface area contributed by atoms with Gasteiger partial charge in [0.1, 0.15) is 0 Å². The lowest BCUT2D eigenvalue weighted by atomic mass is 9.92. The third kappa shape index (κ3) is 2.92. The summed E-state index contributed by atoms with van der Waals surface area (Å²) in [5.74, 6) is 0.158. The fraction of sp³-hybridized carbons (Fsp3) is 0.909. The fourth-order valence-electron chi connectivity index (χ4n) is 2.47. The molecule has 2 rings (SSSR count). The molecule has 0 aromatic carbocycles. The molecule has 2 fully saturated rings. The van der Waals surface area contributed by atoms with Crippen LogP contribution in [0, 0.1) is 0 Å². The van der Waals surface area contributed by atoms with Gasteiger partial charge >= 0.3 is 0 Å². The number of aliphatic hydroxyl groups excluding tert-OH is 1. The van der Waals surface area contributed by atoms with E-state index in [1.165, 1.54) is 6.42 Å². The lowest BCUT2D eigenvalue weighted by molar-refractivity contribution is -0.119. The summed E-state index contributed by atoms with van der Waals surface area (Å²) in [6.45, 7) is 0.799. The standard InChI is InChI=1S/C11H20N2O2/c14-10-4-2-1-3-9(10)12-7-8-5-6-11(15)13-8/h8-10,12,14H,1-7H2,(H,13,15). The molecule has 0 spiro atoms. The molecular formula is C11H20N2O2. The van der Waals surface area contributed by atoms with Crippen LogP contribution in [0.1, 0.15) is 38.5 Å². The number of hydrogen-bond donors (Lipinski definition) is 3. The maximum atomic E-state index is 11.0. The van der Waals surface area contributed by atoms with Gasteiger partial charge in [0, 0.05) is 25.0 Å². The van der Waals surface area contributed by atoms with Gasteiger partial charge in [-0.1, -0.05) is 12.8 Å². The fourth-order valence-corrected chi connectivity index (χ4v) is 2.47. The Kier molecular flexibility index (Phi) is 3.59. The highest BCUT2D eigenvalue weighted by Crippen LogP contribution is 2.18. The van der Waals surface area contributed by atoms with Gasteiger partial charge < -0.3 is 15.7 Å². The number of carbonyl (C=O) groups excluding carboxylic acids is 1. The predicted octanol–water partition coefficient (Wildman–Crippen LogP) is 0.158. The highest BCUT2D eigenvalue weighted by molar-refractivity contribution is 5.78. The van der Waals surface area contributed by atoms with Gasteiger partial charge in [0.25, 0.3) is 0 Å². The summed E-state index contributed by atoms with van der Waals surface area (Å²) in [4.78, 5) is 11.0. The van der Waals surface area contributed by atoms with E-state index < -0.39 is 0 Å². The molecule has 3 unspecified atom stereocenters. The summed E-state index contributed by atoms with van der Waals surface area (Å²) in [6, 6.07) is 0.503. The second-order valence-corrected chi connectivity index (χ2v) is 4.67. The number of rotatable bonds is 3. The van der Waals surface area contributed by atoms with Crippen molar-refractivity contribution < 1.29 is 9.90 Å². The average Bonchev–Trinajstić information content (AvgIpc) is 2.63. The molecule has 0 aromatic rings. The Bertz CT molecular complexity index is 233. The number of amides is 1. The molecule has 1 heterocycles. The van der Waals surface area contributed by atoms with Gasteiger partial charge in [-0.2, -0.15) is 0 Å². The van der Waals surface area contributed by atoms with Crippen molar-refractivity contribution in [1.82, 2.24) is 10.6 Å². The molecule has 4 heteroatoms. The molecule has 15 heavy (non-hydrogen) atoms. The Balaban J connectivity index is 1.70. The molecular weight excluding hydrogens is 192 g/mol. The van der Waals surface area contributed by atoms with E-state index >= 15 is 0 Å². The van der Waals surface area contributed by atoms with Crippen LogP contribution in [0.25, 0.3) is 0 Å². The molecule has 1 saturated heterocycles. The van der Waals surface area contributed by atoms with Crippen molar-refractivity contribution in [3.63, 3.8) is 0 Å². The molecule has 2 aliphatic rings. The molecule has 1 aliphatic carbocycles. The maximum Gasteiger partial charge on any atom is 0.220 e. The van der Waals surface area contributed by atoms with Crippen molar-refractivity contribution in [3.8, 4) is 0 Å². The summed E-state index contributed by atoms with van der Waals surface area (Å²) >= 11 is 0. The predicted molar refractivity (Wildman–Crippen MR) is 57.4 cm³/mol. The van der Waals surface area contributed by atoms with Gasteiger partial charge in [-0.15, -0.1) is 0 Å². The van der Waals surface area contributed by atoms with Crippen molar-refractivity contribution in [2.24, 2.45) is 0 Å². The Hall–Kier alpha value is -0.610. The Morgan fingerprint density at radius 1 is 1.33 bits per heavy atom. The van der Waals surface area contributed by atoms with Crippen molar-refractivity contribution in [2.75, 3.05) is 6.54 Å². The van der Waals surface area contributed by atoms with E-state index in [-0.39, 0.29) is 24.1 Å². The van der Waals surface area contributed by atoms with Crippen LogP contribution >= 0.6 is 0 Å². The normalized spacial score (nSPS) is 36.6. The van der Waals surface area contributed by atoms with Crippen molar-refractivity contribution in [2.45, 2.75) is 56.7 Å². The van der Waals surface area contributed by atoms with E-state index in [1.807, 2.05) is 0 Å². The van der Waals surface area contributed by atoms with Gasteiger partial charge in [-0.25, -0.2) is 0 Å². The zero-order valence-electron chi connectivity index (χ0n) is 9.04. The van der Waals surface area contributed by atoms with Crippen molar-refractivity contribution in [3.05, 3.63) is 0 Å². The highest BCUT2D eigenvalue weighted by Gasteiger charge is 2.25. The lowest BCUT2D eigenvalue weighted by Crippen LogP contribution is -2.47. The van der Waals surface area contributed by atoms with Crippen LogP contribution in [0.3, 0.4) is 0 Å². The van der Waals surface area contributed by atoms with Gasteiger partial charge in [-0.3, -0.25) is 4.79 Å². The first-order valence-electron chi connectivity index (χ1n) is 5.96. The molecule has 1 aliphatic heterocycles. The van der Waals surface area contributed by atoms with Crippen LogP contribution in [-0.2, 0) is 4.79 Å². The molecule has 4 nitrogen and oxygen atoms in total. The monoisotopic (exact) mass is 212 g/mol. The quantitative estimate of drug-likeness (QED) is 0.624. The number of nitrogens with one attached hydrogen (secondary N) is 2. The van der Waals surface area contributed by atoms with E-state index in [0.717, 1.165) is 32.2 Å². The summed E-state index contributed by atoms with van der Waals surface area (Å²) < 4.78 is 0.